The Balaban J connectivity index is 2.02. The normalized spacial score (nSPS) is 28.7. The molecule has 84 valence electrons. The van der Waals surface area contributed by atoms with Gasteiger partial charge in [0.1, 0.15) is 0 Å². The fourth-order valence-corrected chi connectivity index (χ4v) is 2.42. The van der Waals surface area contributed by atoms with Crippen LogP contribution in [-0.4, -0.2) is 6.04 Å². The molecule has 0 heterocycles. The molecule has 1 fully saturated rings. The fourth-order valence-electron chi connectivity index (χ4n) is 2.42. The summed E-state index contributed by atoms with van der Waals surface area (Å²) in [4.78, 5) is 0. The Hall–Kier alpha value is -1.49. The number of hydrogen-bond donors (Lipinski definition) is 1. The molecule has 3 atom stereocenters. The highest BCUT2D eigenvalue weighted by Crippen LogP contribution is 2.33. The smallest absolute Gasteiger partial charge is 0.0991 e. The Morgan fingerprint density at radius 1 is 1.19 bits per heavy atom. The van der Waals surface area contributed by atoms with Gasteiger partial charge in [0.25, 0.3) is 0 Å². The SMILES string of the molecule is CC1CCC(Nc2ccc(C#N)cc2)C1C. The molecule has 0 bridgehead atoms. The van der Waals surface area contributed by atoms with E-state index >= 15 is 0 Å². The van der Waals surface area contributed by atoms with Gasteiger partial charge in [-0.25, -0.2) is 0 Å². The molecule has 1 aliphatic carbocycles. The monoisotopic (exact) mass is 214 g/mol. The maximum atomic E-state index is 8.72. The Labute approximate surface area is 97.3 Å². The molecular weight excluding hydrogens is 196 g/mol. The largest absolute Gasteiger partial charge is 0.382 e. The topological polar surface area (TPSA) is 35.8 Å². The van der Waals surface area contributed by atoms with Gasteiger partial charge in [0.15, 0.2) is 0 Å². The van der Waals surface area contributed by atoms with Crippen LogP contribution < -0.4 is 5.32 Å². The standard InChI is InChI=1S/C14H18N2/c1-10-3-8-14(11(10)2)16-13-6-4-12(9-15)5-7-13/h4-7,10-11,14,16H,3,8H2,1-2H3. The maximum absolute atomic E-state index is 8.72. The summed E-state index contributed by atoms with van der Waals surface area (Å²) in [5.41, 5.74) is 1.85. The van der Waals surface area contributed by atoms with E-state index in [4.69, 9.17) is 5.26 Å². The zero-order valence-corrected chi connectivity index (χ0v) is 9.90. The lowest BCUT2D eigenvalue weighted by molar-refractivity contribution is 0.435. The molecule has 16 heavy (non-hydrogen) atoms. The molecule has 0 spiro atoms. The first kappa shape index (κ1) is 11.0. The first-order valence-corrected chi connectivity index (χ1v) is 5.97. The minimum atomic E-state index is 0.586. The van der Waals surface area contributed by atoms with Crippen LogP contribution in [0.15, 0.2) is 24.3 Å². The second-order valence-electron chi connectivity index (χ2n) is 4.85. The number of benzene rings is 1. The van der Waals surface area contributed by atoms with Crippen LogP contribution in [0.25, 0.3) is 0 Å². The zero-order chi connectivity index (χ0) is 11.5. The van der Waals surface area contributed by atoms with Crippen molar-refractivity contribution in [1.82, 2.24) is 0 Å². The van der Waals surface area contributed by atoms with Crippen molar-refractivity contribution in [2.75, 3.05) is 5.32 Å². The summed E-state index contributed by atoms with van der Waals surface area (Å²) in [7, 11) is 0. The summed E-state index contributed by atoms with van der Waals surface area (Å²) in [5.74, 6) is 1.55. The van der Waals surface area contributed by atoms with Crippen LogP contribution in [0.4, 0.5) is 5.69 Å². The van der Waals surface area contributed by atoms with Crippen LogP contribution in [0.1, 0.15) is 32.3 Å². The first-order valence-electron chi connectivity index (χ1n) is 5.97. The summed E-state index contributed by atoms with van der Waals surface area (Å²) in [5, 5.41) is 12.3. The molecule has 0 aromatic heterocycles. The minimum Gasteiger partial charge on any atom is -0.382 e. The average Bonchev–Trinajstić information content (AvgIpc) is 2.62. The van der Waals surface area contributed by atoms with Gasteiger partial charge in [-0.2, -0.15) is 5.26 Å². The van der Waals surface area contributed by atoms with Crippen LogP contribution in [0.3, 0.4) is 0 Å². The van der Waals surface area contributed by atoms with E-state index in [2.05, 4.69) is 25.2 Å². The van der Waals surface area contributed by atoms with E-state index in [1.54, 1.807) is 0 Å². The number of nitrogens with one attached hydrogen (secondary N) is 1. The summed E-state index contributed by atoms with van der Waals surface area (Å²) < 4.78 is 0. The van der Waals surface area contributed by atoms with Crippen LogP contribution in [0.5, 0.6) is 0 Å². The van der Waals surface area contributed by atoms with E-state index in [1.807, 2.05) is 24.3 Å². The van der Waals surface area contributed by atoms with Gasteiger partial charge in [0, 0.05) is 11.7 Å². The summed E-state index contributed by atoms with van der Waals surface area (Å²) in [6.45, 7) is 4.64. The highest BCUT2D eigenvalue weighted by Gasteiger charge is 2.29. The van der Waals surface area contributed by atoms with Gasteiger partial charge in [0.05, 0.1) is 11.6 Å². The lowest BCUT2D eigenvalue weighted by Crippen LogP contribution is -2.23. The summed E-state index contributed by atoms with van der Waals surface area (Å²) >= 11 is 0. The second kappa shape index (κ2) is 4.57. The Kier molecular flexibility index (Phi) is 3.14. The summed E-state index contributed by atoms with van der Waals surface area (Å²) in [6, 6.07) is 10.4. The molecule has 0 aliphatic heterocycles. The van der Waals surface area contributed by atoms with E-state index in [9.17, 15) is 0 Å². The molecule has 0 saturated heterocycles. The highest BCUT2D eigenvalue weighted by atomic mass is 14.9. The van der Waals surface area contributed by atoms with Crippen molar-refractivity contribution in [3.8, 4) is 6.07 Å². The summed E-state index contributed by atoms with van der Waals surface area (Å²) in [6.07, 6.45) is 2.57. The minimum absolute atomic E-state index is 0.586. The molecule has 2 rings (SSSR count). The van der Waals surface area contributed by atoms with Crippen molar-refractivity contribution in [3.05, 3.63) is 29.8 Å². The van der Waals surface area contributed by atoms with Gasteiger partial charge >= 0.3 is 0 Å². The lowest BCUT2D eigenvalue weighted by Gasteiger charge is -2.20. The molecule has 2 heteroatoms. The highest BCUT2D eigenvalue weighted by molar-refractivity contribution is 5.48. The molecule has 2 nitrogen and oxygen atoms in total. The molecule has 1 aliphatic rings. The van der Waals surface area contributed by atoms with Gasteiger partial charge in [-0.15, -0.1) is 0 Å². The van der Waals surface area contributed by atoms with Crippen molar-refractivity contribution in [1.29, 1.82) is 5.26 Å². The lowest BCUT2D eigenvalue weighted by atomic mass is 9.97. The number of rotatable bonds is 2. The molecule has 1 saturated carbocycles. The van der Waals surface area contributed by atoms with E-state index in [1.165, 1.54) is 12.8 Å². The number of nitriles is 1. The molecule has 1 N–H and O–H groups in total. The quantitative estimate of drug-likeness (QED) is 0.819. The third kappa shape index (κ3) is 2.19. The molecule has 1 aromatic carbocycles. The first-order chi connectivity index (χ1) is 7.70. The Morgan fingerprint density at radius 3 is 2.38 bits per heavy atom. The average molecular weight is 214 g/mol. The molecular formula is C14H18N2. The van der Waals surface area contributed by atoms with Crippen LogP contribution in [-0.2, 0) is 0 Å². The Morgan fingerprint density at radius 2 is 1.88 bits per heavy atom. The molecule has 0 radical (unpaired) electrons. The fraction of sp³-hybridized carbons (Fsp3) is 0.500. The molecule has 0 amide bonds. The number of hydrogen-bond acceptors (Lipinski definition) is 2. The van der Waals surface area contributed by atoms with Crippen LogP contribution in [0.2, 0.25) is 0 Å². The van der Waals surface area contributed by atoms with Gasteiger partial charge < -0.3 is 5.32 Å². The maximum Gasteiger partial charge on any atom is 0.0991 e. The van der Waals surface area contributed by atoms with Crippen LogP contribution in [0, 0.1) is 23.2 Å². The second-order valence-corrected chi connectivity index (χ2v) is 4.85. The number of anilines is 1. The van der Waals surface area contributed by atoms with E-state index in [0.717, 1.165) is 23.1 Å². The van der Waals surface area contributed by atoms with Crippen molar-refractivity contribution < 1.29 is 0 Å². The van der Waals surface area contributed by atoms with Crippen molar-refractivity contribution in [3.63, 3.8) is 0 Å². The third-order valence-electron chi connectivity index (χ3n) is 3.83. The van der Waals surface area contributed by atoms with E-state index in [0.29, 0.717) is 6.04 Å². The van der Waals surface area contributed by atoms with E-state index in [-0.39, 0.29) is 0 Å². The van der Waals surface area contributed by atoms with Crippen LogP contribution >= 0.6 is 0 Å². The molecule has 3 unspecified atom stereocenters. The van der Waals surface area contributed by atoms with Crippen molar-refractivity contribution >= 4 is 5.69 Å². The van der Waals surface area contributed by atoms with Crippen molar-refractivity contribution in [2.45, 2.75) is 32.7 Å². The van der Waals surface area contributed by atoms with Gasteiger partial charge in [-0.05, 0) is 48.9 Å². The molecule has 1 aromatic rings. The number of nitrogens with zero attached hydrogens (tertiary/aromatic N) is 1. The third-order valence-corrected chi connectivity index (χ3v) is 3.83. The predicted octanol–water partition coefficient (Wildman–Crippen LogP) is 3.40. The van der Waals surface area contributed by atoms with E-state index < -0.39 is 0 Å². The van der Waals surface area contributed by atoms with Gasteiger partial charge in [-0.3, -0.25) is 0 Å². The van der Waals surface area contributed by atoms with Gasteiger partial charge in [0.2, 0.25) is 0 Å². The Bertz CT molecular complexity index is 388. The van der Waals surface area contributed by atoms with Crippen molar-refractivity contribution in [2.24, 2.45) is 11.8 Å². The van der Waals surface area contributed by atoms with Gasteiger partial charge in [-0.1, -0.05) is 13.8 Å². The predicted molar refractivity (Wildman–Crippen MR) is 66.1 cm³/mol. The zero-order valence-electron chi connectivity index (χ0n) is 9.90.